The number of rotatable bonds is 6. The first kappa shape index (κ1) is 15.7. The largest absolute Gasteiger partial charge is 0.396 e. The number of amides is 1. The van der Waals surface area contributed by atoms with E-state index in [1.54, 1.807) is 12.1 Å². The maximum Gasteiger partial charge on any atom is 0.244 e. The Bertz CT molecular complexity index is 457. The van der Waals surface area contributed by atoms with Gasteiger partial charge in [0, 0.05) is 23.7 Å². The first-order valence-electron chi connectivity index (χ1n) is 6.43. The first-order chi connectivity index (χ1) is 9.08. The molecule has 0 fully saturated rings. The summed E-state index contributed by atoms with van der Waals surface area (Å²) < 4.78 is 0. The van der Waals surface area contributed by atoms with Crippen LogP contribution in [0.25, 0.3) is 5.57 Å². The van der Waals surface area contributed by atoms with E-state index in [0.29, 0.717) is 11.4 Å². The van der Waals surface area contributed by atoms with Crippen LogP contribution in [0.15, 0.2) is 30.3 Å². The van der Waals surface area contributed by atoms with Gasteiger partial charge in [-0.15, -0.1) is 0 Å². The molecule has 0 aliphatic rings. The molecule has 1 atom stereocenters. The third kappa shape index (κ3) is 5.05. The minimum Gasteiger partial charge on any atom is -0.396 e. The zero-order valence-electron chi connectivity index (χ0n) is 11.3. The molecule has 19 heavy (non-hydrogen) atoms. The molecule has 1 amide bonds. The number of carbonyl (C=O) groups is 1. The Balaban J connectivity index is 2.73. The molecular formula is C15H20ClNO2. The fraction of sp³-hybridized carbons (Fsp3) is 0.400. The van der Waals surface area contributed by atoms with Gasteiger partial charge in [0.15, 0.2) is 0 Å². The monoisotopic (exact) mass is 281 g/mol. The number of halogens is 1. The highest BCUT2D eigenvalue weighted by Gasteiger charge is 2.09. The lowest BCUT2D eigenvalue weighted by atomic mass is 10.1. The summed E-state index contributed by atoms with van der Waals surface area (Å²) in [6.45, 7) is 3.91. The smallest absolute Gasteiger partial charge is 0.244 e. The lowest BCUT2D eigenvalue weighted by Crippen LogP contribution is -2.33. The molecule has 0 aliphatic carbocycles. The second kappa shape index (κ2) is 7.97. The van der Waals surface area contributed by atoms with Crippen LogP contribution in [0.5, 0.6) is 0 Å². The summed E-state index contributed by atoms with van der Waals surface area (Å²) in [5.74, 6) is -0.155. The Morgan fingerprint density at radius 3 is 2.74 bits per heavy atom. The maximum absolute atomic E-state index is 11.9. The van der Waals surface area contributed by atoms with Gasteiger partial charge in [-0.2, -0.15) is 0 Å². The lowest BCUT2D eigenvalue weighted by Gasteiger charge is -2.14. The molecular weight excluding hydrogens is 262 g/mol. The zero-order chi connectivity index (χ0) is 14.3. The van der Waals surface area contributed by atoms with Crippen LogP contribution in [0.3, 0.4) is 0 Å². The average Bonchev–Trinajstić information content (AvgIpc) is 2.38. The van der Waals surface area contributed by atoms with Crippen LogP contribution >= 0.6 is 11.6 Å². The number of carbonyl (C=O) groups excluding carboxylic acids is 1. The van der Waals surface area contributed by atoms with Gasteiger partial charge in [0.05, 0.1) is 0 Å². The van der Waals surface area contributed by atoms with Gasteiger partial charge < -0.3 is 10.4 Å². The molecule has 0 saturated heterocycles. The van der Waals surface area contributed by atoms with Gasteiger partial charge in [-0.1, -0.05) is 36.7 Å². The van der Waals surface area contributed by atoms with E-state index in [1.165, 1.54) is 0 Å². The lowest BCUT2D eigenvalue weighted by molar-refractivity contribution is -0.117. The van der Waals surface area contributed by atoms with Gasteiger partial charge in [-0.05, 0) is 37.0 Å². The van der Waals surface area contributed by atoms with Gasteiger partial charge in [0.1, 0.15) is 0 Å². The third-order valence-corrected chi connectivity index (χ3v) is 3.29. The summed E-state index contributed by atoms with van der Waals surface area (Å²) >= 11 is 6.08. The van der Waals surface area contributed by atoms with Crippen LogP contribution in [0.4, 0.5) is 0 Å². The normalized spacial score (nSPS) is 13.2. The Morgan fingerprint density at radius 1 is 1.47 bits per heavy atom. The van der Waals surface area contributed by atoms with E-state index < -0.39 is 0 Å². The number of aliphatic hydroxyl groups excluding tert-OH is 1. The van der Waals surface area contributed by atoms with E-state index in [4.69, 9.17) is 16.7 Å². The average molecular weight is 282 g/mol. The number of aliphatic hydroxyl groups is 1. The Kier molecular flexibility index (Phi) is 6.60. The van der Waals surface area contributed by atoms with Gasteiger partial charge in [0.25, 0.3) is 0 Å². The molecule has 0 heterocycles. The predicted molar refractivity (Wildman–Crippen MR) is 79.0 cm³/mol. The Morgan fingerprint density at radius 2 is 2.16 bits per heavy atom. The molecule has 1 aromatic carbocycles. The van der Waals surface area contributed by atoms with Crippen molar-refractivity contribution in [1.82, 2.24) is 5.32 Å². The molecule has 4 heteroatoms. The Labute approximate surface area is 119 Å². The second-order valence-electron chi connectivity index (χ2n) is 4.43. The molecule has 0 spiro atoms. The van der Waals surface area contributed by atoms with Crippen molar-refractivity contribution < 1.29 is 9.90 Å². The maximum atomic E-state index is 11.9. The summed E-state index contributed by atoms with van der Waals surface area (Å²) in [6.07, 6.45) is 2.91. The van der Waals surface area contributed by atoms with Gasteiger partial charge >= 0.3 is 0 Å². The second-order valence-corrected chi connectivity index (χ2v) is 4.84. The molecule has 104 valence electrons. The standard InChI is InChI=1S/C15H20ClNO2/c1-3-12(8-9-18)17-15(19)10-11(2)13-6-4-5-7-14(13)16/h4-7,10,12,18H,3,8-9H2,1-2H3,(H,17,19)/b11-10-. The molecule has 1 rings (SSSR count). The third-order valence-electron chi connectivity index (χ3n) is 2.96. The highest BCUT2D eigenvalue weighted by Crippen LogP contribution is 2.22. The fourth-order valence-corrected chi connectivity index (χ4v) is 2.12. The van der Waals surface area contributed by atoms with E-state index in [2.05, 4.69) is 5.32 Å². The van der Waals surface area contributed by atoms with Crippen molar-refractivity contribution in [3.05, 3.63) is 40.9 Å². The van der Waals surface area contributed by atoms with Gasteiger partial charge in [-0.25, -0.2) is 0 Å². The van der Waals surface area contributed by atoms with E-state index in [-0.39, 0.29) is 18.6 Å². The quantitative estimate of drug-likeness (QED) is 0.788. The van der Waals surface area contributed by atoms with E-state index in [1.807, 2.05) is 32.0 Å². The van der Waals surface area contributed by atoms with E-state index in [9.17, 15) is 4.79 Å². The van der Waals surface area contributed by atoms with Crippen molar-refractivity contribution in [3.8, 4) is 0 Å². The molecule has 0 aliphatic heterocycles. The van der Waals surface area contributed by atoms with Crippen LogP contribution in [0.1, 0.15) is 32.3 Å². The summed E-state index contributed by atoms with van der Waals surface area (Å²) in [5.41, 5.74) is 1.68. The number of hydrogen-bond donors (Lipinski definition) is 2. The van der Waals surface area contributed by atoms with Crippen LogP contribution in [0.2, 0.25) is 5.02 Å². The summed E-state index contributed by atoms with van der Waals surface area (Å²) in [7, 11) is 0. The summed E-state index contributed by atoms with van der Waals surface area (Å²) in [5, 5.41) is 12.4. The summed E-state index contributed by atoms with van der Waals surface area (Å²) in [6, 6.07) is 7.43. The van der Waals surface area contributed by atoms with Crippen molar-refractivity contribution in [3.63, 3.8) is 0 Å². The van der Waals surface area contributed by atoms with Crippen molar-refractivity contribution in [1.29, 1.82) is 0 Å². The molecule has 3 nitrogen and oxygen atoms in total. The topological polar surface area (TPSA) is 49.3 Å². The molecule has 1 unspecified atom stereocenters. The minimum absolute atomic E-state index is 0.00722. The molecule has 0 radical (unpaired) electrons. The van der Waals surface area contributed by atoms with Crippen molar-refractivity contribution >= 4 is 23.1 Å². The van der Waals surface area contributed by atoms with Crippen molar-refractivity contribution in [2.24, 2.45) is 0 Å². The first-order valence-corrected chi connectivity index (χ1v) is 6.80. The highest BCUT2D eigenvalue weighted by molar-refractivity contribution is 6.32. The number of benzene rings is 1. The molecule has 1 aromatic rings. The molecule has 2 N–H and O–H groups in total. The van der Waals surface area contributed by atoms with Crippen LogP contribution < -0.4 is 5.32 Å². The van der Waals surface area contributed by atoms with Gasteiger partial charge in [0.2, 0.25) is 5.91 Å². The Hall–Kier alpha value is -1.32. The summed E-state index contributed by atoms with van der Waals surface area (Å²) in [4.78, 5) is 11.9. The van der Waals surface area contributed by atoms with Crippen LogP contribution in [-0.2, 0) is 4.79 Å². The zero-order valence-corrected chi connectivity index (χ0v) is 12.1. The van der Waals surface area contributed by atoms with Gasteiger partial charge in [-0.3, -0.25) is 4.79 Å². The van der Waals surface area contributed by atoms with Crippen molar-refractivity contribution in [2.75, 3.05) is 6.61 Å². The van der Waals surface area contributed by atoms with Crippen LogP contribution in [0, 0.1) is 0 Å². The number of hydrogen-bond acceptors (Lipinski definition) is 2. The molecule has 0 bridgehead atoms. The minimum atomic E-state index is -0.155. The molecule has 0 aromatic heterocycles. The van der Waals surface area contributed by atoms with Crippen LogP contribution in [-0.4, -0.2) is 23.7 Å². The van der Waals surface area contributed by atoms with Crippen molar-refractivity contribution in [2.45, 2.75) is 32.7 Å². The predicted octanol–water partition coefficient (Wildman–Crippen LogP) is 3.02. The van der Waals surface area contributed by atoms with E-state index >= 15 is 0 Å². The SMILES string of the molecule is CCC(CCO)NC(=O)/C=C(/C)c1ccccc1Cl. The molecule has 0 saturated carbocycles. The number of nitrogens with one attached hydrogen (secondary N) is 1. The fourth-order valence-electron chi connectivity index (χ4n) is 1.83. The highest BCUT2D eigenvalue weighted by atomic mass is 35.5. The number of allylic oxidation sites excluding steroid dienone is 1. The van der Waals surface area contributed by atoms with E-state index in [0.717, 1.165) is 17.6 Å².